The molecule has 148 valence electrons. The number of nitrogens with one attached hydrogen (secondary N) is 1. The van der Waals surface area contributed by atoms with Crippen LogP contribution in [0.15, 0.2) is 23.3 Å². The summed E-state index contributed by atoms with van der Waals surface area (Å²) in [6.45, 7) is 2.08. The van der Waals surface area contributed by atoms with Crippen molar-refractivity contribution in [1.82, 2.24) is 9.99 Å². The summed E-state index contributed by atoms with van der Waals surface area (Å²) < 4.78 is 24.4. The second kappa shape index (κ2) is 7.25. The minimum absolute atomic E-state index is 0.0456. The van der Waals surface area contributed by atoms with E-state index >= 15 is 0 Å². The number of hydrazone groups is 1. The molecule has 1 N–H and O–H groups in total. The zero-order valence-corrected chi connectivity index (χ0v) is 17.0. The van der Waals surface area contributed by atoms with Gasteiger partial charge in [0.25, 0.3) is 5.91 Å². The molecule has 0 bridgehead atoms. The van der Waals surface area contributed by atoms with E-state index in [4.69, 9.17) is 0 Å². The third-order valence-corrected chi connectivity index (χ3v) is 7.64. The number of carbonyl (C=O) groups excluding carboxylic acids is 2. The van der Waals surface area contributed by atoms with Gasteiger partial charge in [-0.25, -0.2) is 18.4 Å². The fraction of sp³-hybridized carbons (Fsp3) is 0.444. The van der Waals surface area contributed by atoms with Crippen molar-refractivity contribution < 1.29 is 18.0 Å². The summed E-state index contributed by atoms with van der Waals surface area (Å²) in [5.41, 5.74) is 2.24. The molecule has 1 saturated heterocycles. The van der Waals surface area contributed by atoms with Crippen LogP contribution in [0.1, 0.15) is 31.7 Å². The highest BCUT2D eigenvalue weighted by atomic mass is 32.2. The van der Waals surface area contributed by atoms with Crippen LogP contribution in [0.2, 0.25) is 0 Å². The maximum Gasteiger partial charge on any atom is 0.273 e. The molecule has 4 rings (SSSR count). The number of fused-ring (bicyclic) bond motifs is 1. The van der Waals surface area contributed by atoms with Crippen LogP contribution < -0.4 is 5.32 Å². The monoisotopic (exact) mass is 420 g/mol. The van der Waals surface area contributed by atoms with Gasteiger partial charge in [-0.05, 0) is 30.5 Å². The highest BCUT2D eigenvalue weighted by Crippen LogP contribution is 2.28. The number of aromatic nitrogens is 1. The number of anilines is 1. The minimum atomic E-state index is -3.15. The minimum Gasteiger partial charge on any atom is -0.297 e. The van der Waals surface area contributed by atoms with Crippen LogP contribution in [0.3, 0.4) is 0 Å². The largest absolute Gasteiger partial charge is 0.297 e. The maximum atomic E-state index is 12.6. The van der Waals surface area contributed by atoms with E-state index in [-0.39, 0.29) is 36.0 Å². The summed E-state index contributed by atoms with van der Waals surface area (Å²) in [7, 11) is -3.15. The Morgan fingerprint density at radius 2 is 2.18 bits per heavy atom. The molecule has 0 radical (unpaired) electrons. The lowest BCUT2D eigenvalue weighted by molar-refractivity contribution is -0.133. The highest BCUT2D eigenvalue weighted by molar-refractivity contribution is 7.91. The molecule has 0 saturated carbocycles. The molecule has 28 heavy (non-hydrogen) atoms. The lowest BCUT2D eigenvalue weighted by atomic mass is 10.1. The number of hydrogen-bond donors (Lipinski definition) is 1. The van der Waals surface area contributed by atoms with Gasteiger partial charge in [-0.15, -0.1) is 0 Å². The molecule has 1 atom stereocenters. The zero-order valence-electron chi connectivity index (χ0n) is 15.3. The van der Waals surface area contributed by atoms with E-state index in [0.29, 0.717) is 11.6 Å². The number of aryl methyl sites for hydroxylation is 1. The first kappa shape index (κ1) is 19.0. The van der Waals surface area contributed by atoms with Gasteiger partial charge in [-0.1, -0.05) is 24.3 Å². The molecule has 10 heteroatoms. The summed E-state index contributed by atoms with van der Waals surface area (Å²) in [5.74, 6) is -0.711. The van der Waals surface area contributed by atoms with E-state index in [1.54, 1.807) is 0 Å². The first-order valence-electron chi connectivity index (χ1n) is 9.15. The molecule has 0 spiro atoms. The van der Waals surface area contributed by atoms with Crippen molar-refractivity contribution in [2.24, 2.45) is 5.10 Å². The quantitative estimate of drug-likeness (QED) is 0.813. The first-order valence-corrected chi connectivity index (χ1v) is 11.8. The number of carbonyl (C=O) groups is 2. The van der Waals surface area contributed by atoms with E-state index in [2.05, 4.69) is 28.4 Å². The van der Waals surface area contributed by atoms with Crippen molar-refractivity contribution in [3.05, 3.63) is 23.8 Å². The third kappa shape index (κ3) is 3.79. The van der Waals surface area contributed by atoms with Crippen LogP contribution in [-0.4, -0.2) is 53.5 Å². The Hall–Kier alpha value is -2.33. The number of nitrogens with zero attached hydrogens (tertiary/aromatic N) is 3. The maximum absolute atomic E-state index is 12.6. The fourth-order valence-electron chi connectivity index (χ4n) is 3.40. The van der Waals surface area contributed by atoms with E-state index < -0.39 is 21.8 Å². The molecule has 2 amide bonds. The van der Waals surface area contributed by atoms with E-state index in [1.807, 2.05) is 12.1 Å². The molecule has 1 aromatic heterocycles. The van der Waals surface area contributed by atoms with Gasteiger partial charge >= 0.3 is 0 Å². The average Bonchev–Trinajstić information content (AvgIpc) is 3.23. The summed E-state index contributed by atoms with van der Waals surface area (Å²) in [4.78, 5) is 29.2. The van der Waals surface area contributed by atoms with Gasteiger partial charge in [-0.2, -0.15) is 5.10 Å². The lowest BCUT2D eigenvalue weighted by Gasteiger charge is -2.27. The Labute approximate surface area is 166 Å². The van der Waals surface area contributed by atoms with Gasteiger partial charge < -0.3 is 0 Å². The summed E-state index contributed by atoms with van der Waals surface area (Å²) >= 11 is 1.39. The van der Waals surface area contributed by atoms with Crippen LogP contribution in [-0.2, 0) is 25.8 Å². The van der Waals surface area contributed by atoms with Crippen LogP contribution in [0.4, 0.5) is 5.13 Å². The lowest BCUT2D eigenvalue weighted by Crippen LogP contribution is -2.42. The average molecular weight is 421 g/mol. The molecule has 0 aliphatic carbocycles. The number of sulfone groups is 1. The van der Waals surface area contributed by atoms with Crippen molar-refractivity contribution in [1.29, 1.82) is 0 Å². The predicted octanol–water partition coefficient (Wildman–Crippen LogP) is 1.96. The second-order valence-corrected chi connectivity index (χ2v) is 10.2. The van der Waals surface area contributed by atoms with Gasteiger partial charge in [0.2, 0.25) is 5.91 Å². The number of rotatable bonds is 4. The van der Waals surface area contributed by atoms with Crippen LogP contribution in [0.5, 0.6) is 0 Å². The molecule has 2 aromatic rings. The highest BCUT2D eigenvalue weighted by Gasteiger charge is 2.37. The second-order valence-electron chi connectivity index (χ2n) is 6.97. The van der Waals surface area contributed by atoms with Crippen LogP contribution in [0, 0.1) is 0 Å². The standard InChI is InChI=1S/C18H20N4O4S2/c1-2-11-3-4-13-15(9-11)27-18(19-13)20-17(24)14-5-6-16(23)22(21-14)12-7-8-28(25,26)10-12/h3-4,9,12H,2,5-8,10H2,1H3,(H,19,20,24). The van der Waals surface area contributed by atoms with Crippen LogP contribution >= 0.6 is 11.3 Å². The van der Waals surface area contributed by atoms with Crippen molar-refractivity contribution in [2.75, 3.05) is 16.8 Å². The van der Waals surface area contributed by atoms with E-state index in [9.17, 15) is 18.0 Å². The number of amides is 2. The molecular weight excluding hydrogens is 400 g/mol. The van der Waals surface area contributed by atoms with E-state index in [0.717, 1.165) is 16.6 Å². The SMILES string of the molecule is CCc1ccc2nc(NC(=O)C3=NN(C4CCS(=O)(=O)C4)C(=O)CC3)sc2c1. The Balaban J connectivity index is 1.52. The Bertz CT molecular complexity index is 1090. The Kier molecular flexibility index (Phi) is 4.92. The normalized spacial score (nSPS) is 21.8. The number of thiazole rings is 1. The van der Waals surface area contributed by atoms with Gasteiger partial charge in [0.05, 0.1) is 27.8 Å². The Morgan fingerprint density at radius 1 is 1.36 bits per heavy atom. The molecule has 1 aromatic carbocycles. The molecule has 1 unspecified atom stereocenters. The predicted molar refractivity (Wildman–Crippen MR) is 108 cm³/mol. The summed E-state index contributed by atoms with van der Waals surface area (Å²) in [6, 6.07) is 5.51. The van der Waals surface area contributed by atoms with Gasteiger partial charge in [0.15, 0.2) is 15.0 Å². The van der Waals surface area contributed by atoms with Crippen molar-refractivity contribution in [3.63, 3.8) is 0 Å². The molecule has 2 aliphatic heterocycles. The topological polar surface area (TPSA) is 109 Å². The van der Waals surface area contributed by atoms with Crippen molar-refractivity contribution in [3.8, 4) is 0 Å². The number of benzene rings is 1. The first-order chi connectivity index (χ1) is 13.3. The van der Waals surface area contributed by atoms with Crippen molar-refractivity contribution >= 4 is 54.0 Å². The van der Waals surface area contributed by atoms with Gasteiger partial charge in [0, 0.05) is 12.8 Å². The van der Waals surface area contributed by atoms with Crippen LogP contribution in [0.25, 0.3) is 10.2 Å². The summed E-state index contributed by atoms with van der Waals surface area (Å²) in [6.07, 6.45) is 1.64. The van der Waals surface area contributed by atoms with Crippen molar-refractivity contribution in [2.45, 2.75) is 38.6 Å². The molecule has 3 heterocycles. The van der Waals surface area contributed by atoms with Gasteiger partial charge in [0.1, 0.15) is 5.71 Å². The Morgan fingerprint density at radius 3 is 2.89 bits per heavy atom. The molecular formula is C18H20N4O4S2. The third-order valence-electron chi connectivity index (χ3n) is 4.96. The molecule has 2 aliphatic rings. The molecule has 1 fully saturated rings. The smallest absolute Gasteiger partial charge is 0.273 e. The van der Waals surface area contributed by atoms with E-state index in [1.165, 1.54) is 21.9 Å². The summed E-state index contributed by atoms with van der Waals surface area (Å²) in [5, 5.41) is 8.61. The molecule has 8 nitrogen and oxygen atoms in total. The zero-order chi connectivity index (χ0) is 19.9. The fourth-order valence-corrected chi connectivity index (χ4v) is 6.02. The number of hydrogen-bond acceptors (Lipinski definition) is 7. The van der Waals surface area contributed by atoms with Gasteiger partial charge in [-0.3, -0.25) is 14.9 Å².